The third kappa shape index (κ3) is 3.73. The fourth-order valence-electron chi connectivity index (χ4n) is 2.47. The van der Waals surface area contributed by atoms with Gasteiger partial charge in [-0.1, -0.05) is 18.2 Å². The van der Waals surface area contributed by atoms with E-state index in [4.69, 9.17) is 9.15 Å². The van der Waals surface area contributed by atoms with Crippen LogP contribution in [-0.4, -0.2) is 48.6 Å². The lowest BCUT2D eigenvalue weighted by Gasteiger charge is -2.26. The molecule has 0 atom stereocenters. The van der Waals surface area contributed by atoms with Gasteiger partial charge in [0.2, 0.25) is 23.4 Å². The van der Waals surface area contributed by atoms with Gasteiger partial charge in [-0.3, -0.25) is 4.79 Å². The number of aromatic nitrogens is 1. The number of rotatable bonds is 5. The van der Waals surface area contributed by atoms with E-state index in [0.29, 0.717) is 51.0 Å². The summed E-state index contributed by atoms with van der Waals surface area (Å²) in [6, 6.07) is 11.4. The second-order valence-electron chi connectivity index (χ2n) is 5.34. The number of amides is 1. The lowest BCUT2D eigenvalue weighted by molar-refractivity contribution is -0.134. The number of nitrogens with zero attached hydrogens (tertiary/aromatic N) is 3. The van der Waals surface area contributed by atoms with Crippen molar-refractivity contribution in [3.05, 3.63) is 36.0 Å². The second-order valence-corrected chi connectivity index (χ2v) is 5.34. The third-order valence-corrected chi connectivity index (χ3v) is 3.74. The summed E-state index contributed by atoms with van der Waals surface area (Å²) in [5.74, 6) is 0.743. The molecular weight excluding hydrogens is 308 g/mol. The van der Waals surface area contributed by atoms with Crippen molar-refractivity contribution in [2.75, 3.05) is 38.2 Å². The number of benzene rings is 1. The molecule has 1 aliphatic rings. The summed E-state index contributed by atoms with van der Waals surface area (Å²) in [6.45, 7) is 2.81. The molecule has 24 heavy (non-hydrogen) atoms. The lowest BCUT2D eigenvalue weighted by atomic mass is 10.2. The van der Waals surface area contributed by atoms with E-state index >= 15 is 0 Å². The topological polar surface area (TPSA) is 91.4 Å². The van der Waals surface area contributed by atoms with Crippen molar-refractivity contribution in [2.45, 2.75) is 6.42 Å². The van der Waals surface area contributed by atoms with Gasteiger partial charge in [0.1, 0.15) is 6.07 Å². The van der Waals surface area contributed by atoms with Crippen LogP contribution >= 0.6 is 0 Å². The molecule has 0 aliphatic carbocycles. The number of carbonyl (C=O) groups is 1. The van der Waals surface area contributed by atoms with Crippen molar-refractivity contribution in [1.82, 2.24) is 9.88 Å². The fraction of sp³-hybridized carbons (Fsp3) is 0.353. The van der Waals surface area contributed by atoms with Gasteiger partial charge in [0, 0.05) is 31.6 Å². The van der Waals surface area contributed by atoms with Crippen LogP contribution in [0.5, 0.6) is 0 Å². The molecule has 0 bridgehead atoms. The first-order valence-electron chi connectivity index (χ1n) is 7.83. The minimum Gasteiger partial charge on any atom is -0.419 e. The van der Waals surface area contributed by atoms with Gasteiger partial charge in [0.05, 0.1) is 13.2 Å². The maximum Gasteiger partial charge on any atom is 0.232 e. The van der Waals surface area contributed by atoms with E-state index in [9.17, 15) is 10.1 Å². The molecule has 2 aromatic rings. The molecule has 0 spiro atoms. The van der Waals surface area contributed by atoms with Gasteiger partial charge in [0.15, 0.2) is 0 Å². The van der Waals surface area contributed by atoms with Crippen LogP contribution in [0.4, 0.5) is 5.88 Å². The highest BCUT2D eigenvalue weighted by Gasteiger charge is 2.18. The van der Waals surface area contributed by atoms with Crippen LogP contribution in [0.25, 0.3) is 11.5 Å². The van der Waals surface area contributed by atoms with E-state index in [-0.39, 0.29) is 11.6 Å². The second kappa shape index (κ2) is 7.62. The highest BCUT2D eigenvalue weighted by Crippen LogP contribution is 2.24. The Morgan fingerprint density at radius 2 is 2.04 bits per heavy atom. The van der Waals surface area contributed by atoms with Crippen LogP contribution in [0.2, 0.25) is 0 Å². The molecule has 1 aromatic heterocycles. The Morgan fingerprint density at radius 3 is 2.75 bits per heavy atom. The summed E-state index contributed by atoms with van der Waals surface area (Å²) in [4.78, 5) is 18.1. The SMILES string of the molecule is N#Cc1nc(-c2ccccc2)oc1NCCC(=O)N1CCOCC1. The van der Waals surface area contributed by atoms with E-state index in [1.54, 1.807) is 4.90 Å². The standard InChI is InChI=1S/C17H18N4O3/c18-12-14-17(24-16(20-14)13-4-2-1-3-5-13)19-7-6-15(22)21-8-10-23-11-9-21/h1-5,19H,6-11H2. The summed E-state index contributed by atoms with van der Waals surface area (Å²) in [5.41, 5.74) is 0.985. The third-order valence-electron chi connectivity index (χ3n) is 3.74. The number of hydrogen-bond donors (Lipinski definition) is 1. The molecule has 1 aromatic carbocycles. The number of anilines is 1. The van der Waals surface area contributed by atoms with Crippen LogP contribution in [0.3, 0.4) is 0 Å². The number of nitrogens with one attached hydrogen (secondary N) is 1. The quantitative estimate of drug-likeness (QED) is 0.902. The van der Waals surface area contributed by atoms with Gasteiger partial charge in [0.25, 0.3) is 0 Å². The first-order valence-corrected chi connectivity index (χ1v) is 7.83. The van der Waals surface area contributed by atoms with Crippen LogP contribution < -0.4 is 5.32 Å². The average molecular weight is 326 g/mol. The Morgan fingerprint density at radius 1 is 1.29 bits per heavy atom. The van der Waals surface area contributed by atoms with Crippen LogP contribution in [0, 0.1) is 11.3 Å². The number of carbonyl (C=O) groups excluding carboxylic acids is 1. The molecule has 2 heterocycles. The molecule has 124 valence electrons. The first-order chi connectivity index (χ1) is 11.8. The molecule has 1 saturated heterocycles. The first kappa shape index (κ1) is 16.0. The van der Waals surface area contributed by atoms with Crippen LogP contribution in [-0.2, 0) is 9.53 Å². The number of morpholine rings is 1. The highest BCUT2D eigenvalue weighted by molar-refractivity contribution is 5.76. The van der Waals surface area contributed by atoms with Crippen LogP contribution in [0.15, 0.2) is 34.7 Å². The van der Waals surface area contributed by atoms with Crippen molar-refractivity contribution in [2.24, 2.45) is 0 Å². The van der Waals surface area contributed by atoms with E-state index in [0.717, 1.165) is 5.56 Å². The largest absolute Gasteiger partial charge is 0.419 e. The smallest absolute Gasteiger partial charge is 0.232 e. The maximum atomic E-state index is 12.1. The summed E-state index contributed by atoms with van der Waals surface area (Å²) in [5, 5.41) is 12.2. The maximum absolute atomic E-state index is 12.1. The molecule has 3 rings (SSSR count). The average Bonchev–Trinajstić information content (AvgIpc) is 3.06. The van der Waals surface area contributed by atoms with Crippen LogP contribution in [0.1, 0.15) is 12.1 Å². The monoisotopic (exact) mass is 326 g/mol. The fourth-order valence-corrected chi connectivity index (χ4v) is 2.47. The predicted molar refractivity (Wildman–Crippen MR) is 87.2 cm³/mol. The zero-order chi connectivity index (χ0) is 16.8. The molecule has 1 aliphatic heterocycles. The lowest BCUT2D eigenvalue weighted by Crippen LogP contribution is -2.41. The zero-order valence-electron chi connectivity index (χ0n) is 13.2. The summed E-state index contributed by atoms with van der Waals surface area (Å²) < 4.78 is 10.9. The van der Waals surface area contributed by atoms with Crippen molar-refractivity contribution in [3.8, 4) is 17.5 Å². The van der Waals surface area contributed by atoms with Gasteiger partial charge in [-0.25, -0.2) is 0 Å². The molecular formula is C17H18N4O3. The van der Waals surface area contributed by atoms with Crippen molar-refractivity contribution in [1.29, 1.82) is 5.26 Å². The van der Waals surface area contributed by atoms with Gasteiger partial charge in [-0.15, -0.1) is 0 Å². The Hall–Kier alpha value is -2.85. The molecule has 1 amide bonds. The zero-order valence-corrected chi connectivity index (χ0v) is 13.2. The number of nitriles is 1. The minimum absolute atomic E-state index is 0.0621. The van der Waals surface area contributed by atoms with E-state index in [1.807, 2.05) is 36.4 Å². The molecule has 0 saturated carbocycles. The summed E-state index contributed by atoms with van der Waals surface area (Å²) >= 11 is 0. The number of oxazole rings is 1. The van der Waals surface area contributed by atoms with E-state index in [1.165, 1.54) is 0 Å². The minimum atomic E-state index is 0.0621. The van der Waals surface area contributed by atoms with Gasteiger partial charge >= 0.3 is 0 Å². The van der Waals surface area contributed by atoms with Crippen molar-refractivity contribution >= 4 is 11.8 Å². The Balaban J connectivity index is 1.60. The molecule has 0 unspecified atom stereocenters. The van der Waals surface area contributed by atoms with Gasteiger partial charge in [-0.2, -0.15) is 10.2 Å². The predicted octanol–water partition coefficient (Wildman–Crippen LogP) is 1.87. The molecule has 1 N–H and O–H groups in total. The molecule has 0 radical (unpaired) electrons. The molecule has 7 nitrogen and oxygen atoms in total. The Labute approximate surface area is 139 Å². The summed E-state index contributed by atoms with van der Waals surface area (Å²) in [6.07, 6.45) is 0.326. The van der Waals surface area contributed by atoms with Crippen molar-refractivity contribution < 1.29 is 13.9 Å². The summed E-state index contributed by atoms with van der Waals surface area (Å²) in [7, 11) is 0. The van der Waals surface area contributed by atoms with E-state index < -0.39 is 0 Å². The van der Waals surface area contributed by atoms with Gasteiger partial charge < -0.3 is 19.4 Å². The van der Waals surface area contributed by atoms with Crippen molar-refractivity contribution in [3.63, 3.8) is 0 Å². The molecule has 1 fully saturated rings. The molecule has 7 heteroatoms. The Bertz CT molecular complexity index is 730. The van der Waals surface area contributed by atoms with E-state index in [2.05, 4.69) is 10.3 Å². The normalized spacial score (nSPS) is 14.2. The van der Waals surface area contributed by atoms with Gasteiger partial charge in [-0.05, 0) is 12.1 Å². The Kier molecular flexibility index (Phi) is 5.08. The number of ether oxygens (including phenoxy) is 1. The number of hydrogen-bond acceptors (Lipinski definition) is 6. The highest BCUT2D eigenvalue weighted by atomic mass is 16.5.